The maximum Gasteiger partial charge on any atom is 0.182 e. The first kappa shape index (κ1) is 14.1. The van der Waals surface area contributed by atoms with E-state index in [1.807, 2.05) is 66.7 Å². The Kier molecular flexibility index (Phi) is 3.73. The van der Waals surface area contributed by atoms with Crippen molar-refractivity contribution >= 4 is 0 Å². The van der Waals surface area contributed by atoms with Crippen molar-refractivity contribution in [1.29, 1.82) is 0 Å². The largest absolute Gasteiger partial charge is 0.253 e. The molecule has 0 saturated heterocycles. The molecular weight excluding hydrogens is 298 g/mol. The highest BCUT2D eigenvalue weighted by Crippen LogP contribution is 2.22. The molecule has 24 heavy (non-hydrogen) atoms. The van der Waals surface area contributed by atoms with Crippen LogP contribution in [0.25, 0.3) is 34.4 Å². The Hall–Kier alpha value is -3.47. The number of hydrogen-bond donors (Lipinski definition) is 0. The van der Waals surface area contributed by atoms with E-state index in [4.69, 9.17) is 0 Å². The Bertz CT molecular complexity index is 801. The lowest BCUT2D eigenvalue weighted by molar-refractivity contribution is 1.05. The van der Waals surface area contributed by atoms with E-state index in [1.165, 1.54) is 0 Å². The highest BCUT2D eigenvalue weighted by molar-refractivity contribution is 5.63. The molecule has 0 radical (unpaired) electrons. The molecule has 0 aliphatic rings. The number of aromatic nitrogens is 5. The molecule has 114 valence electrons. The summed E-state index contributed by atoms with van der Waals surface area (Å²) in [6, 6.07) is 21.1. The van der Waals surface area contributed by atoms with Gasteiger partial charge in [-0.15, -0.1) is 0 Å². The molecule has 0 aliphatic carbocycles. The zero-order valence-corrected chi connectivity index (χ0v) is 12.7. The lowest BCUT2D eigenvalue weighted by atomic mass is 10.2. The Morgan fingerprint density at radius 1 is 0.458 bits per heavy atom. The van der Waals surface area contributed by atoms with E-state index in [0.717, 1.165) is 5.56 Å². The molecule has 0 unspecified atom stereocenters. The third kappa shape index (κ3) is 2.87. The van der Waals surface area contributed by atoms with Gasteiger partial charge in [0, 0.05) is 18.0 Å². The molecule has 5 nitrogen and oxygen atoms in total. The fraction of sp³-hybridized carbons (Fsp3) is 0. The molecule has 0 aliphatic heterocycles. The third-order valence-electron chi connectivity index (χ3n) is 3.46. The van der Waals surface area contributed by atoms with Crippen LogP contribution in [-0.2, 0) is 0 Å². The van der Waals surface area contributed by atoms with Crippen LogP contribution in [0.5, 0.6) is 0 Å². The minimum Gasteiger partial charge on any atom is -0.253 e. The van der Waals surface area contributed by atoms with E-state index in [1.54, 1.807) is 12.4 Å². The maximum absolute atomic E-state index is 4.59. The summed E-state index contributed by atoms with van der Waals surface area (Å²) < 4.78 is 0. The summed E-state index contributed by atoms with van der Waals surface area (Å²) in [4.78, 5) is 22.4. The van der Waals surface area contributed by atoms with Crippen LogP contribution in [0.2, 0.25) is 0 Å². The second-order valence-corrected chi connectivity index (χ2v) is 5.10. The van der Waals surface area contributed by atoms with Crippen LogP contribution in [0.1, 0.15) is 0 Å². The number of pyridine rings is 2. The summed E-state index contributed by atoms with van der Waals surface area (Å²) >= 11 is 0. The van der Waals surface area contributed by atoms with Gasteiger partial charge in [0.25, 0.3) is 0 Å². The molecule has 1 aromatic carbocycles. The van der Waals surface area contributed by atoms with E-state index in [9.17, 15) is 0 Å². The summed E-state index contributed by atoms with van der Waals surface area (Å²) in [6.07, 6.45) is 3.45. The zero-order chi connectivity index (χ0) is 16.2. The molecular formula is C19H13N5. The minimum absolute atomic E-state index is 0.533. The molecule has 0 saturated carbocycles. The Labute approximate surface area is 139 Å². The standard InChI is InChI=1S/C19H13N5/c1-2-8-14(9-3-1)17-22-18(15-10-4-6-12-20-15)24-19(23-17)16-11-5-7-13-21-16/h1-13H. The van der Waals surface area contributed by atoms with E-state index in [2.05, 4.69) is 24.9 Å². The van der Waals surface area contributed by atoms with Crippen molar-refractivity contribution in [3.8, 4) is 34.4 Å². The smallest absolute Gasteiger partial charge is 0.182 e. The van der Waals surface area contributed by atoms with Crippen molar-refractivity contribution in [3.05, 3.63) is 79.1 Å². The first-order valence-electron chi connectivity index (χ1n) is 7.54. The number of benzene rings is 1. The quantitative estimate of drug-likeness (QED) is 0.577. The minimum atomic E-state index is 0.533. The summed E-state index contributed by atoms with van der Waals surface area (Å²) in [5, 5.41) is 0. The lowest BCUT2D eigenvalue weighted by Crippen LogP contribution is -2.01. The van der Waals surface area contributed by atoms with Gasteiger partial charge in [-0.2, -0.15) is 0 Å². The molecule has 3 heterocycles. The number of nitrogens with zero attached hydrogens (tertiary/aromatic N) is 5. The summed E-state index contributed by atoms with van der Waals surface area (Å²) in [7, 11) is 0. The summed E-state index contributed by atoms with van der Waals surface area (Å²) in [5.41, 5.74) is 2.33. The Balaban J connectivity index is 1.92. The molecule has 0 spiro atoms. The molecule has 4 aromatic rings. The van der Waals surface area contributed by atoms with Gasteiger partial charge in [-0.25, -0.2) is 15.0 Å². The predicted octanol–water partition coefficient (Wildman–Crippen LogP) is 3.66. The highest BCUT2D eigenvalue weighted by Gasteiger charge is 2.12. The first-order valence-corrected chi connectivity index (χ1v) is 7.54. The van der Waals surface area contributed by atoms with Crippen LogP contribution in [-0.4, -0.2) is 24.9 Å². The van der Waals surface area contributed by atoms with Gasteiger partial charge in [0.1, 0.15) is 11.4 Å². The third-order valence-corrected chi connectivity index (χ3v) is 3.46. The van der Waals surface area contributed by atoms with Gasteiger partial charge < -0.3 is 0 Å². The van der Waals surface area contributed by atoms with Gasteiger partial charge in [0.2, 0.25) is 0 Å². The van der Waals surface area contributed by atoms with Gasteiger partial charge in [0.05, 0.1) is 0 Å². The second kappa shape index (κ2) is 6.34. The topological polar surface area (TPSA) is 64.5 Å². The van der Waals surface area contributed by atoms with Crippen molar-refractivity contribution in [2.75, 3.05) is 0 Å². The Morgan fingerprint density at radius 3 is 1.46 bits per heavy atom. The molecule has 0 fully saturated rings. The van der Waals surface area contributed by atoms with Crippen molar-refractivity contribution in [1.82, 2.24) is 24.9 Å². The van der Waals surface area contributed by atoms with Gasteiger partial charge in [-0.05, 0) is 24.3 Å². The van der Waals surface area contributed by atoms with Crippen LogP contribution in [0, 0.1) is 0 Å². The lowest BCUT2D eigenvalue weighted by Gasteiger charge is -2.07. The van der Waals surface area contributed by atoms with E-state index >= 15 is 0 Å². The van der Waals surface area contributed by atoms with Gasteiger partial charge >= 0.3 is 0 Å². The summed E-state index contributed by atoms with van der Waals surface area (Å²) in [6.45, 7) is 0. The molecule has 5 heteroatoms. The normalized spacial score (nSPS) is 10.5. The van der Waals surface area contributed by atoms with Crippen LogP contribution in [0.3, 0.4) is 0 Å². The molecule has 0 bridgehead atoms. The molecule has 0 amide bonds. The Morgan fingerprint density at radius 2 is 0.958 bits per heavy atom. The van der Waals surface area contributed by atoms with Crippen molar-refractivity contribution in [3.63, 3.8) is 0 Å². The van der Waals surface area contributed by atoms with Crippen LogP contribution in [0.15, 0.2) is 79.1 Å². The molecule has 4 rings (SSSR count). The van der Waals surface area contributed by atoms with Crippen molar-refractivity contribution in [2.45, 2.75) is 0 Å². The molecule has 3 aromatic heterocycles. The van der Waals surface area contributed by atoms with E-state index in [-0.39, 0.29) is 0 Å². The second-order valence-electron chi connectivity index (χ2n) is 5.10. The maximum atomic E-state index is 4.59. The summed E-state index contributed by atoms with van der Waals surface area (Å²) in [5.74, 6) is 1.67. The molecule has 0 atom stereocenters. The number of rotatable bonds is 3. The fourth-order valence-electron chi connectivity index (χ4n) is 2.31. The van der Waals surface area contributed by atoms with Gasteiger partial charge in [-0.3, -0.25) is 9.97 Å². The van der Waals surface area contributed by atoms with Crippen LogP contribution < -0.4 is 0 Å². The first-order chi connectivity index (χ1) is 11.9. The van der Waals surface area contributed by atoms with Crippen molar-refractivity contribution < 1.29 is 0 Å². The fourth-order valence-corrected chi connectivity index (χ4v) is 2.31. The number of hydrogen-bond acceptors (Lipinski definition) is 5. The highest BCUT2D eigenvalue weighted by atomic mass is 15.1. The van der Waals surface area contributed by atoms with Gasteiger partial charge in [-0.1, -0.05) is 42.5 Å². The van der Waals surface area contributed by atoms with Gasteiger partial charge in [0.15, 0.2) is 17.5 Å². The predicted molar refractivity (Wildman–Crippen MR) is 91.7 cm³/mol. The molecule has 0 N–H and O–H groups in total. The van der Waals surface area contributed by atoms with E-state index in [0.29, 0.717) is 28.9 Å². The SMILES string of the molecule is c1ccc(-c2nc(-c3ccccn3)nc(-c3ccccn3)n2)cc1. The monoisotopic (exact) mass is 311 g/mol. The van der Waals surface area contributed by atoms with E-state index < -0.39 is 0 Å². The van der Waals surface area contributed by atoms with Crippen LogP contribution >= 0.6 is 0 Å². The average Bonchev–Trinajstić information content (AvgIpc) is 2.70. The van der Waals surface area contributed by atoms with Crippen molar-refractivity contribution in [2.24, 2.45) is 0 Å². The zero-order valence-electron chi connectivity index (χ0n) is 12.7. The average molecular weight is 311 g/mol. The van der Waals surface area contributed by atoms with Crippen LogP contribution in [0.4, 0.5) is 0 Å².